The lowest BCUT2D eigenvalue weighted by molar-refractivity contribution is 0.192. The summed E-state index contributed by atoms with van der Waals surface area (Å²) >= 11 is 6.40. The molecule has 4 rings (SSSR count). The topological polar surface area (TPSA) is 97.5 Å². The van der Waals surface area contributed by atoms with Gasteiger partial charge in [0.05, 0.1) is 16.8 Å². The van der Waals surface area contributed by atoms with Gasteiger partial charge in [0.1, 0.15) is 34.8 Å². The first-order valence-electron chi connectivity index (χ1n) is 11.8. The van der Waals surface area contributed by atoms with Crippen LogP contribution in [-0.2, 0) is 6.54 Å². The molecule has 7 nitrogen and oxygen atoms in total. The van der Waals surface area contributed by atoms with Gasteiger partial charge in [0.2, 0.25) is 0 Å². The highest BCUT2D eigenvalue weighted by Crippen LogP contribution is 2.37. The largest absolute Gasteiger partial charge is 0.383 e. The molecule has 3 aromatic rings. The number of nitrogens with one attached hydrogen (secondary N) is 1. The molecular formula is C26H30ClF2N7. The first-order valence-corrected chi connectivity index (χ1v) is 12.2. The van der Waals surface area contributed by atoms with Crippen molar-refractivity contribution < 1.29 is 8.78 Å². The minimum atomic E-state index is -0.478. The van der Waals surface area contributed by atoms with E-state index >= 15 is 0 Å². The maximum absolute atomic E-state index is 14.9. The van der Waals surface area contributed by atoms with Crippen LogP contribution in [0.15, 0.2) is 59.9 Å². The molecule has 2 aromatic carbocycles. The monoisotopic (exact) mass is 513 g/mol. The molecule has 1 fully saturated rings. The fourth-order valence-electron chi connectivity index (χ4n) is 4.42. The van der Waals surface area contributed by atoms with Gasteiger partial charge >= 0.3 is 0 Å². The van der Waals surface area contributed by atoms with Gasteiger partial charge in [-0.15, -0.1) is 0 Å². The Morgan fingerprint density at radius 3 is 2.58 bits per heavy atom. The van der Waals surface area contributed by atoms with Crippen LogP contribution in [0, 0.1) is 11.6 Å². The molecule has 1 aliphatic heterocycles. The Morgan fingerprint density at radius 1 is 1.17 bits per heavy atom. The molecule has 5 N–H and O–H groups in total. The number of halogens is 3. The van der Waals surface area contributed by atoms with Gasteiger partial charge in [-0.25, -0.2) is 18.8 Å². The lowest BCUT2D eigenvalue weighted by Crippen LogP contribution is -2.38. The van der Waals surface area contributed by atoms with Gasteiger partial charge in [0, 0.05) is 44.3 Å². The highest BCUT2D eigenvalue weighted by atomic mass is 35.5. The Labute approximate surface area is 214 Å². The van der Waals surface area contributed by atoms with Gasteiger partial charge < -0.3 is 26.3 Å². The molecule has 0 bridgehead atoms. The standard InChI is InChI=1S/C26H30ClF2N7/c1-17(32-15-18-5-2-3-7-21(18)28)33-16-23-25(31)36(19-9-12-35(13-10-19)14-11-30)26(34-23)24-20(27)6-4-8-22(24)29/h2-8,16,19,32H,1,9-15,30-31H2/b33-16-. The van der Waals surface area contributed by atoms with E-state index in [4.69, 9.17) is 23.1 Å². The van der Waals surface area contributed by atoms with Crippen molar-refractivity contribution in [3.8, 4) is 11.4 Å². The normalized spacial score (nSPS) is 15.0. The van der Waals surface area contributed by atoms with Gasteiger partial charge in [-0.2, -0.15) is 0 Å². The van der Waals surface area contributed by atoms with Crippen LogP contribution in [0.1, 0.15) is 30.1 Å². The maximum Gasteiger partial charge on any atom is 0.147 e. The van der Waals surface area contributed by atoms with Crippen molar-refractivity contribution in [2.45, 2.75) is 25.4 Å². The average molecular weight is 514 g/mol. The fourth-order valence-corrected chi connectivity index (χ4v) is 4.67. The number of anilines is 1. The van der Waals surface area contributed by atoms with E-state index in [1.165, 1.54) is 18.3 Å². The zero-order valence-electron chi connectivity index (χ0n) is 19.9. The lowest BCUT2D eigenvalue weighted by atomic mass is 10.0. The van der Waals surface area contributed by atoms with Gasteiger partial charge in [-0.1, -0.05) is 42.4 Å². The zero-order valence-corrected chi connectivity index (χ0v) is 20.7. The van der Waals surface area contributed by atoms with Crippen LogP contribution in [0.5, 0.6) is 0 Å². The minimum Gasteiger partial charge on any atom is -0.383 e. The molecule has 0 atom stereocenters. The second kappa shape index (κ2) is 11.6. The van der Waals surface area contributed by atoms with E-state index in [0.29, 0.717) is 35.3 Å². The van der Waals surface area contributed by atoms with Crippen LogP contribution in [-0.4, -0.2) is 46.8 Å². The summed E-state index contributed by atoms with van der Waals surface area (Å²) in [5.74, 6) is 0.252. The molecule has 0 aliphatic carbocycles. The zero-order chi connectivity index (χ0) is 25.7. The predicted molar refractivity (Wildman–Crippen MR) is 141 cm³/mol. The van der Waals surface area contributed by atoms with Crippen molar-refractivity contribution in [3.05, 3.63) is 82.8 Å². The molecule has 0 spiro atoms. The Kier molecular flexibility index (Phi) is 8.35. The predicted octanol–water partition coefficient (Wildman–Crippen LogP) is 4.34. The third-order valence-corrected chi connectivity index (χ3v) is 6.63. The summed E-state index contributed by atoms with van der Waals surface area (Å²) in [6.45, 7) is 7.23. The fraction of sp³-hybridized carbons (Fsp3) is 0.308. The molecular weight excluding hydrogens is 484 g/mol. The van der Waals surface area contributed by atoms with Gasteiger partial charge in [0.25, 0.3) is 0 Å². The summed E-state index contributed by atoms with van der Waals surface area (Å²) in [4.78, 5) is 11.3. The Balaban J connectivity index is 1.61. The second-order valence-electron chi connectivity index (χ2n) is 8.68. The Morgan fingerprint density at radius 2 is 1.89 bits per heavy atom. The van der Waals surface area contributed by atoms with E-state index in [0.717, 1.165) is 32.5 Å². The van der Waals surface area contributed by atoms with Crippen molar-refractivity contribution in [2.24, 2.45) is 10.7 Å². The minimum absolute atomic E-state index is 0.0155. The molecule has 2 heterocycles. The number of benzene rings is 2. The third-order valence-electron chi connectivity index (χ3n) is 6.31. The molecule has 0 radical (unpaired) electrons. The maximum atomic E-state index is 14.9. The van der Waals surface area contributed by atoms with Crippen LogP contribution >= 0.6 is 11.6 Å². The third kappa shape index (κ3) is 5.75. The lowest BCUT2D eigenvalue weighted by Gasteiger charge is -2.33. The number of nitrogens with two attached hydrogens (primary N) is 2. The van der Waals surface area contributed by atoms with Crippen LogP contribution in [0.25, 0.3) is 11.4 Å². The van der Waals surface area contributed by atoms with E-state index in [9.17, 15) is 8.78 Å². The number of imidazole rings is 1. The average Bonchev–Trinajstić information content (AvgIpc) is 3.18. The number of likely N-dealkylation sites (tertiary alicyclic amines) is 1. The first-order chi connectivity index (χ1) is 17.4. The summed E-state index contributed by atoms with van der Waals surface area (Å²) in [6.07, 6.45) is 3.10. The molecule has 1 aliphatic rings. The Hall–Kier alpha value is -3.27. The molecule has 0 unspecified atom stereocenters. The van der Waals surface area contributed by atoms with Crippen molar-refractivity contribution in [2.75, 3.05) is 31.9 Å². The summed E-state index contributed by atoms with van der Waals surface area (Å²) in [7, 11) is 0. The molecule has 0 amide bonds. The molecule has 1 saturated heterocycles. The summed E-state index contributed by atoms with van der Waals surface area (Å²) in [5, 5.41) is 3.23. The number of rotatable bonds is 9. The number of nitrogen functional groups attached to an aromatic ring is 1. The number of piperidine rings is 1. The number of aromatic nitrogens is 2. The molecule has 190 valence electrons. The molecule has 1 aromatic heterocycles. The smallest absolute Gasteiger partial charge is 0.147 e. The van der Waals surface area contributed by atoms with Crippen molar-refractivity contribution in [1.82, 2.24) is 19.8 Å². The van der Waals surface area contributed by atoms with E-state index in [1.54, 1.807) is 30.3 Å². The van der Waals surface area contributed by atoms with E-state index in [-0.39, 0.29) is 29.0 Å². The van der Waals surface area contributed by atoms with Crippen LogP contribution in [0.4, 0.5) is 14.6 Å². The Bertz CT molecular complexity index is 1230. The van der Waals surface area contributed by atoms with Crippen LogP contribution in [0.2, 0.25) is 5.02 Å². The van der Waals surface area contributed by atoms with E-state index < -0.39 is 5.82 Å². The van der Waals surface area contributed by atoms with Gasteiger partial charge in [-0.3, -0.25) is 0 Å². The molecule has 0 saturated carbocycles. The van der Waals surface area contributed by atoms with E-state index in [2.05, 4.69) is 26.8 Å². The molecule has 10 heteroatoms. The number of aliphatic imine (C=N–C) groups is 1. The van der Waals surface area contributed by atoms with Gasteiger partial charge in [0.15, 0.2) is 0 Å². The summed E-state index contributed by atoms with van der Waals surface area (Å²) in [5.41, 5.74) is 13.3. The number of hydrogen-bond donors (Lipinski definition) is 3. The second-order valence-corrected chi connectivity index (χ2v) is 9.09. The van der Waals surface area contributed by atoms with Crippen LogP contribution in [0.3, 0.4) is 0 Å². The van der Waals surface area contributed by atoms with Crippen molar-refractivity contribution in [1.29, 1.82) is 0 Å². The highest BCUT2D eigenvalue weighted by molar-refractivity contribution is 6.33. The van der Waals surface area contributed by atoms with Gasteiger partial charge in [-0.05, 0) is 31.0 Å². The highest BCUT2D eigenvalue weighted by Gasteiger charge is 2.28. The summed E-state index contributed by atoms with van der Waals surface area (Å²) < 4.78 is 30.6. The first kappa shape index (κ1) is 25.8. The number of nitrogens with zero attached hydrogens (tertiary/aromatic N) is 4. The quantitative estimate of drug-likeness (QED) is 0.370. The van der Waals surface area contributed by atoms with Crippen LogP contribution < -0.4 is 16.8 Å². The van der Waals surface area contributed by atoms with E-state index in [1.807, 2.05) is 4.57 Å². The van der Waals surface area contributed by atoms with Crippen molar-refractivity contribution in [3.63, 3.8) is 0 Å². The molecule has 36 heavy (non-hydrogen) atoms. The SMILES string of the molecule is C=C(/N=C\c1nc(-c2c(F)cccc2Cl)n(C2CCN(CCN)CC2)c1N)NCc1ccccc1F. The van der Waals surface area contributed by atoms with Crippen molar-refractivity contribution >= 4 is 23.6 Å². The summed E-state index contributed by atoms with van der Waals surface area (Å²) in [6, 6.07) is 11.0. The number of hydrogen-bond acceptors (Lipinski definition) is 6.